The van der Waals surface area contributed by atoms with Crippen molar-refractivity contribution in [1.82, 2.24) is 25.5 Å². The lowest BCUT2D eigenvalue weighted by atomic mass is 10.1. The molecule has 0 unspecified atom stereocenters. The SMILES string of the molecule is CC(C)(C)OC(=O)N1CCC(N/N=C\C(=C/I)c2cnc3n[nH]c(N)c3c2)CC1. The van der Waals surface area contributed by atoms with E-state index in [1.54, 1.807) is 17.3 Å². The van der Waals surface area contributed by atoms with Gasteiger partial charge in [-0.2, -0.15) is 10.2 Å². The number of ether oxygens (including phenoxy) is 1. The number of pyridine rings is 1. The van der Waals surface area contributed by atoms with Crippen LogP contribution in [0.3, 0.4) is 0 Å². The number of nitrogens with two attached hydrogens (primary N) is 1. The summed E-state index contributed by atoms with van der Waals surface area (Å²) in [6.45, 7) is 6.93. The molecular formula is C19H26IN7O2. The van der Waals surface area contributed by atoms with Gasteiger partial charge in [-0.1, -0.05) is 22.6 Å². The molecule has 0 spiro atoms. The van der Waals surface area contributed by atoms with Crippen molar-refractivity contribution >= 4 is 57.3 Å². The van der Waals surface area contributed by atoms with Crippen LogP contribution in [0.15, 0.2) is 21.4 Å². The second-order valence-corrected chi connectivity index (χ2v) is 8.55. The average Bonchev–Trinajstić information content (AvgIpc) is 3.05. The maximum Gasteiger partial charge on any atom is 0.410 e. The third kappa shape index (κ3) is 5.58. The van der Waals surface area contributed by atoms with Crippen LogP contribution in [0.25, 0.3) is 16.6 Å². The van der Waals surface area contributed by atoms with Gasteiger partial charge in [0, 0.05) is 36.5 Å². The van der Waals surface area contributed by atoms with Crippen molar-refractivity contribution in [2.24, 2.45) is 5.10 Å². The molecule has 1 aliphatic heterocycles. The Kier molecular flexibility index (Phi) is 6.60. The summed E-state index contributed by atoms with van der Waals surface area (Å²) < 4.78 is 7.37. The third-order valence-corrected chi connectivity index (χ3v) is 5.17. The van der Waals surface area contributed by atoms with Crippen LogP contribution < -0.4 is 11.2 Å². The Balaban J connectivity index is 1.54. The van der Waals surface area contributed by atoms with Gasteiger partial charge in [0.1, 0.15) is 11.4 Å². The summed E-state index contributed by atoms with van der Waals surface area (Å²) in [6, 6.07) is 2.15. The summed E-state index contributed by atoms with van der Waals surface area (Å²) >= 11 is 2.18. The van der Waals surface area contributed by atoms with E-state index in [9.17, 15) is 4.79 Å². The fourth-order valence-corrected chi connectivity index (χ4v) is 3.49. The number of aromatic amines is 1. The summed E-state index contributed by atoms with van der Waals surface area (Å²) in [6.07, 6.45) is 4.90. The number of fused-ring (bicyclic) bond motifs is 1. The molecule has 0 bridgehead atoms. The maximum atomic E-state index is 12.1. The van der Waals surface area contributed by atoms with E-state index in [1.165, 1.54) is 0 Å². The van der Waals surface area contributed by atoms with Crippen LogP contribution in [-0.4, -0.2) is 57.1 Å². The Morgan fingerprint density at radius 2 is 2.17 bits per heavy atom. The number of piperidine rings is 1. The van der Waals surface area contributed by atoms with Gasteiger partial charge in [-0.15, -0.1) is 0 Å². The lowest BCUT2D eigenvalue weighted by Gasteiger charge is -2.33. The van der Waals surface area contributed by atoms with Gasteiger partial charge in [0.15, 0.2) is 5.65 Å². The fourth-order valence-electron chi connectivity index (χ4n) is 2.97. The van der Waals surface area contributed by atoms with E-state index in [0.717, 1.165) is 29.4 Å². The summed E-state index contributed by atoms with van der Waals surface area (Å²) in [5, 5.41) is 12.0. The van der Waals surface area contributed by atoms with Crippen molar-refractivity contribution in [3.8, 4) is 0 Å². The van der Waals surface area contributed by atoms with E-state index in [0.29, 0.717) is 24.6 Å². The van der Waals surface area contributed by atoms with Gasteiger partial charge in [0.2, 0.25) is 0 Å². The number of aromatic nitrogens is 3. The number of carbonyl (C=O) groups is 1. The van der Waals surface area contributed by atoms with Crippen LogP contribution in [0.1, 0.15) is 39.2 Å². The largest absolute Gasteiger partial charge is 0.444 e. The quantitative estimate of drug-likeness (QED) is 0.329. The number of likely N-dealkylation sites (tertiary alicyclic amines) is 1. The minimum atomic E-state index is -0.475. The number of hydrazone groups is 1. The van der Waals surface area contributed by atoms with E-state index in [2.05, 4.69) is 48.3 Å². The second-order valence-electron chi connectivity index (χ2n) is 7.93. The highest BCUT2D eigenvalue weighted by atomic mass is 127. The molecule has 1 saturated heterocycles. The van der Waals surface area contributed by atoms with Gasteiger partial charge in [0.05, 0.1) is 11.6 Å². The van der Waals surface area contributed by atoms with Crippen molar-refractivity contribution in [2.45, 2.75) is 45.3 Å². The van der Waals surface area contributed by atoms with Crippen molar-refractivity contribution in [2.75, 3.05) is 18.8 Å². The Bertz CT molecular complexity index is 924. The lowest BCUT2D eigenvalue weighted by molar-refractivity contribution is 0.0199. The number of allylic oxidation sites excluding steroid dienone is 1. The molecule has 1 aliphatic rings. The Labute approximate surface area is 183 Å². The van der Waals surface area contributed by atoms with Crippen molar-refractivity contribution in [3.63, 3.8) is 0 Å². The summed E-state index contributed by atoms with van der Waals surface area (Å²) in [7, 11) is 0. The maximum absolute atomic E-state index is 12.1. The van der Waals surface area contributed by atoms with E-state index < -0.39 is 5.60 Å². The highest BCUT2D eigenvalue weighted by molar-refractivity contribution is 14.1. The number of anilines is 1. The van der Waals surface area contributed by atoms with Crippen molar-refractivity contribution in [1.29, 1.82) is 0 Å². The normalized spacial score (nSPS) is 16.6. The molecule has 4 N–H and O–H groups in total. The van der Waals surface area contributed by atoms with Crippen LogP contribution in [-0.2, 0) is 4.74 Å². The first-order valence-corrected chi connectivity index (χ1v) is 10.7. The molecule has 156 valence electrons. The molecule has 0 aromatic carbocycles. The molecule has 9 nitrogen and oxygen atoms in total. The van der Waals surface area contributed by atoms with Gasteiger partial charge >= 0.3 is 6.09 Å². The number of nitrogens with one attached hydrogen (secondary N) is 2. The molecule has 3 rings (SSSR count). The second kappa shape index (κ2) is 8.97. The topological polar surface area (TPSA) is 122 Å². The highest BCUT2D eigenvalue weighted by Crippen LogP contribution is 2.22. The Morgan fingerprint density at radius 1 is 1.45 bits per heavy atom. The lowest BCUT2D eigenvalue weighted by Crippen LogP contribution is -2.45. The van der Waals surface area contributed by atoms with Crippen LogP contribution in [0.4, 0.5) is 10.6 Å². The first-order valence-electron chi connectivity index (χ1n) is 9.43. The Hall–Kier alpha value is -2.37. The molecule has 0 atom stereocenters. The van der Waals surface area contributed by atoms with Crippen LogP contribution in [0, 0.1) is 0 Å². The van der Waals surface area contributed by atoms with Gasteiger partial charge in [-0.05, 0) is 43.8 Å². The standard InChI is InChI=1S/C19H26IN7O2/c1-19(2,3)29-18(28)27-6-4-14(5-7-27)24-23-11-13(9-20)12-8-15-16(21)25-26-17(15)22-10-12/h8-11,14,24H,4-7H2,1-3H3,(H3,21,22,25,26)/b13-9+,23-11-. The number of nitrogen functional groups attached to an aromatic ring is 1. The van der Waals surface area contributed by atoms with Gasteiger partial charge in [-0.25, -0.2) is 9.78 Å². The zero-order chi connectivity index (χ0) is 21.0. The molecule has 1 fully saturated rings. The molecule has 1 amide bonds. The number of rotatable bonds is 4. The zero-order valence-electron chi connectivity index (χ0n) is 16.8. The first-order chi connectivity index (χ1) is 13.8. The smallest absolute Gasteiger partial charge is 0.410 e. The number of hydrogen-bond donors (Lipinski definition) is 3. The number of halogens is 1. The van der Waals surface area contributed by atoms with Crippen LogP contribution in [0.5, 0.6) is 0 Å². The van der Waals surface area contributed by atoms with E-state index >= 15 is 0 Å². The number of carbonyl (C=O) groups excluding carboxylic acids is 1. The fraction of sp³-hybridized carbons (Fsp3) is 0.474. The van der Waals surface area contributed by atoms with E-state index in [4.69, 9.17) is 10.5 Å². The number of H-pyrrole nitrogens is 1. The van der Waals surface area contributed by atoms with Crippen molar-refractivity contribution in [3.05, 3.63) is 21.9 Å². The van der Waals surface area contributed by atoms with Gasteiger partial charge in [-0.3, -0.25) is 5.10 Å². The molecule has 10 heteroatoms. The number of nitrogens with zero attached hydrogens (tertiary/aromatic N) is 4. The molecule has 0 saturated carbocycles. The molecule has 2 aromatic rings. The summed E-state index contributed by atoms with van der Waals surface area (Å²) in [5.41, 5.74) is 11.0. The Morgan fingerprint density at radius 3 is 2.83 bits per heavy atom. The summed E-state index contributed by atoms with van der Waals surface area (Å²) in [4.78, 5) is 18.2. The van der Waals surface area contributed by atoms with Gasteiger partial charge < -0.3 is 20.8 Å². The van der Waals surface area contributed by atoms with E-state index in [-0.39, 0.29) is 12.1 Å². The molecule has 0 radical (unpaired) electrons. The van der Waals surface area contributed by atoms with Crippen LogP contribution >= 0.6 is 22.6 Å². The predicted octanol–water partition coefficient (Wildman–Crippen LogP) is 3.29. The molecule has 29 heavy (non-hydrogen) atoms. The average molecular weight is 511 g/mol. The highest BCUT2D eigenvalue weighted by Gasteiger charge is 2.26. The number of amides is 1. The minimum Gasteiger partial charge on any atom is -0.444 e. The molecular weight excluding hydrogens is 485 g/mol. The van der Waals surface area contributed by atoms with Gasteiger partial charge in [0.25, 0.3) is 0 Å². The zero-order valence-corrected chi connectivity index (χ0v) is 18.9. The monoisotopic (exact) mass is 511 g/mol. The van der Waals surface area contributed by atoms with Crippen molar-refractivity contribution < 1.29 is 9.53 Å². The third-order valence-electron chi connectivity index (χ3n) is 4.50. The molecule has 2 aromatic heterocycles. The predicted molar refractivity (Wildman–Crippen MR) is 123 cm³/mol. The minimum absolute atomic E-state index is 0.213. The number of hydrogen-bond acceptors (Lipinski definition) is 7. The first kappa shape index (κ1) is 21.3. The van der Waals surface area contributed by atoms with E-state index in [1.807, 2.05) is 30.9 Å². The van der Waals surface area contributed by atoms with Crippen LogP contribution in [0.2, 0.25) is 0 Å². The molecule has 3 heterocycles. The molecule has 0 aliphatic carbocycles. The summed E-state index contributed by atoms with van der Waals surface area (Å²) in [5.74, 6) is 0.494.